The molecule has 6 nitrogen and oxygen atoms in total. The Morgan fingerprint density at radius 1 is 1.04 bits per heavy atom. The number of carbonyl (C=O) groups excluding carboxylic acids is 1. The van der Waals surface area contributed by atoms with Crippen molar-refractivity contribution in [3.8, 4) is 11.5 Å². The van der Waals surface area contributed by atoms with Crippen LogP contribution in [0.15, 0.2) is 48.7 Å². The lowest BCUT2D eigenvalue weighted by Gasteiger charge is -2.08. The second-order valence-electron chi connectivity index (χ2n) is 6.14. The number of fused-ring (bicyclic) bond motifs is 1. The number of ether oxygens (including phenoxy) is 3. The molecule has 27 heavy (non-hydrogen) atoms. The third kappa shape index (κ3) is 4.94. The molecule has 3 aromatic rings. The van der Waals surface area contributed by atoms with Gasteiger partial charge in [0.1, 0.15) is 11.5 Å². The van der Waals surface area contributed by atoms with E-state index in [2.05, 4.69) is 10.3 Å². The molecule has 0 radical (unpaired) electrons. The molecule has 0 saturated heterocycles. The van der Waals surface area contributed by atoms with Crippen LogP contribution in [0.3, 0.4) is 0 Å². The van der Waals surface area contributed by atoms with E-state index in [0.29, 0.717) is 26.0 Å². The van der Waals surface area contributed by atoms with Crippen molar-refractivity contribution in [2.24, 2.45) is 0 Å². The molecule has 0 fully saturated rings. The summed E-state index contributed by atoms with van der Waals surface area (Å²) in [5, 5.41) is 3.89. The summed E-state index contributed by atoms with van der Waals surface area (Å²) in [5.74, 6) is 1.61. The molecule has 1 aromatic heterocycles. The fourth-order valence-corrected chi connectivity index (χ4v) is 2.93. The maximum absolute atomic E-state index is 11.9. The first-order chi connectivity index (χ1) is 13.2. The van der Waals surface area contributed by atoms with E-state index in [0.717, 1.165) is 33.5 Å². The Bertz CT molecular complexity index is 904. The second-order valence-corrected chi connectivity index (χ2v) is 6.14. The largest absolute Gasteiger partial charge is 0.497 e. The summed E-state index contributed by atoms with van der Waals surface area (Å²) in [4.78, 5) is 15.1. The van der Waals surface area contributed by atoms with E-state index < -0.39 is 6.09 Å². The number of H-pyrrole nitrogens is 1. The molecule has 142 valence electrons. The van der Waals surface area contributed by atoms with E-state index in [1.54, 1.807) is 14.2 Å². The van der Waals surface area contributed by atoms with Crippen LogP contribution in [0.5, 0.6) is 11.5 Å². The van der Waals surface area contributed by atoms with Gasteiger partial charge >= 0.3 is 6.09 Å². The Labute approximate surface area is 158 Å². The van der Waals surface area contributed by atoms with E-state index in [1.807, 2.05) is 48.7 Å². The van der Waals surface area contributed by atoms with Gasteiger partial charge in [0, 0.05) is 30.1 Å². The minimum atomic E-state index is -0.407. The zero-order chi connectivity index (χ0) is 19.1. The Morgan fingerprint density at radius 2 is 1.85 bits per heavy atom. The predicted octanol–water partition coefficient (Wildman–Crippen LogP) is 3.70. The van der Waals surface area contributed by atoms with E-state index in [9.17, 15) is 4.79 Å². The summed E-state index contributed by atoms with van der Waals surface area (Å²) in [7, 11) is 3.28. The van der Waals surface area contributed by atoms with Crippen LogP contribution in [-0.4, -0.2) is 38.4 Å². The summed E-state index contributed by atoms with van der Waals surface area (Å²) in [5.41, 5.74) is 3.24. The number of aromatic nitrogens is 1. The standard InChI is InChI=1S/C21H24N2O4/c1-25-17-5-3-4-15(12-17)9-11-27-21(24)22-10-8-16-14-23-20-7-6-18(26-2)13-19(16)20/h3-7,12-14,23H,8-11H2,1-2H3,(H,22,24). The highest BCUT2D eigenvalue weighted by atomic mass is 16.5. The molecule has 0 spiro atoms. The molecule has 0 saturated carbocycles. The summed E-state index contributed by atoms with van der Waals surface area (Å²) < 4.78 is 15.7. The van der Waals surface area contributed by atoms with Crippen molar-refractivity contribution in [3.63, 3.8) is 0 Å². The van der Waals surface area contributed by atoms with Gasteiger partial charge in [0.05, 0.1) is 20.8 Å². The monoisotopic (exact) mass is 368 g/mol. The number of methoxy groups -OCH3 is 2. The minimum Gasteiger partial charge on any atom is -0.497 e. The Balaban J connectivity index is 1.43. The maximum atomic E-state index is 11.9. The number of benzene rings is 2. The summed E-state index contributed by atoms with van der Waals surface area (Å²) in [6, 6.07) is 13.6. The molecule has 2 N–H and O–H groups in total. The molecule has 0 atom stereocenters. The first kappa shape index (κ1) is 18.6. The third-order valence-corrected chi connectivity index (χ3v) is 4.40. The fraction of sp³-hybridized carbons (Fsp3) is 0.286. The number of rotatable bonds is 8. The second kappa shape index (κ2) is 8.98. The molecular weight excluding hydrogens is 344 g/mol. The van der Waals surface area contributed by atoms with Gasteiger partial charge in [-0.1, -0.05) is 12.1 Å². The topological polar surface area (TPSA) is 72.6 Å². The number of aromatic amines is 1. The van der Waals surface area contributed by atoms with Crippen LogP contribution >= 0.6 is 0 Å². The first-order valence-electron chi connectivity index (χ1n) is 8.87. The van der Waals surface area contributed by atoms with Crippen molar-refractivity contribution in [1.29, 1.82) is 0 Å². The lowest BCUT2D eigenvalue weighted by molar-refractivity contribution is 0.147. The highest BCUT2D eigenvalue weighted by Gasteiger charge is 2.07. The maximum Gasteiger partial charge on any atom is 0.407 e. The van der Waals surface area contributed by atoms with Gasteiger partial charge in [-0.2, -0.15) is 0 Å². The van der Waals surface area contributed by atoms with Crippen LogP contribution in [-0.2, 0) is 17.6 Å². The molecule has 6 heteroatoms. The zero-order valence-corrected chi connectivity index (χ0v) is 15.6. The van der Waals surface area contributed by atoms with Gasteiger partial charge in [-0.3, -0.25) is 0 Å². The van der Waals surface area contributed by atoms with Crippen molar-refractivity contribution in [1.82, 2.24) is 10.3 Å². The Kier molecular flexibility index (Phi) is 6.20. The molecule has 2 aromatic carbocycles. The van der Waals surface area contributed by atoms with Crippen molar-refractivity contribution in [2.45, 2.75) is 12.8 Å². The van der Waals surface area contributed by atoms with Crippen LogP contribution in [0.4, 0.5) is 4.79 Å². The average molecular weight is 368 g/mol. The van der Waals surface area contributed by atoms with Crippen LogP contribution in [0.2, 0.25) is 0 Å². The number of amides is 1. The van der Waals surface area contributed by atoms with Crippen LogP contribution in [0.1, 0.15) is 11.1 Å². The van der Waals surface area contributed by atoms with Gasteiger partial charge in [-0.25, -0.2) is 4.79 Å². The molecule has 0 aliphatic heterocycles. The van der Waals surface area contributed by atoms with Gasteiger partial charge in [-0.15, -0.1) is 0 Å². The third-order valence-electron chi connectivity index (χ3n) is 4.40. The van der Waals surface area contributed by atoms with Gasteiger partial charge < -0.3 is 24.5 Å². The molecule has 0 aliphatic rings. The van der Waals surface area contributed by atoms with Gasteiger partial charge in [-0.05, 0) is 47.9 Å². The van der Waals surface area contributed by atoms with Crippen molar-refractivity contribution in [2.75, 3.05) is 27.4 Å². The van der Waals surface area contributed by atoms with E-state index in [4.69, 9.17) is 14.2 Å². The average Bonchev–Trinajstić information content (AvgIpc) is 3.10. The minimum absolute atomic E-state index is 0.323. The van der Waals surface area contributed by atoms with Crippen molar-refractivity contribution in [3.05, 3.63) is 59.8 Å². The molecule has 0 unspecified atom stereocenters. The van der Waals surface area contributed by atoms with Crippen LogP contribution in [0.25, 0.3) is 10.9 Å². The number of nitrogens with one attached hydrogen (secondary N) is 2. The highest BCUT2D eigenvalue weighted by Crippen LogP contribution is 2.23. The SMILES string of the molecule is COc1cccc(CCOC(=O)NCCc2c[nH]c3ccc(OC)cc23)c1. The fourth-order valence-electron chi connectivity index (χ4n) is 2.93. The van der Waals surface area contributed by atoms with Gasteiger partial charge in [0.2, 0.25) is 0 Å². The summed E-state index contributed by atoms with van der Waals surface area (Å²) in [6.45, 7) is 0.825. The number of alkyl carbamates (subject to hydrolysis) is 1. The normalized spacial score (nSPS) is 10.6. The quantitative estimate of drug-likeness (QED) is 0.636. The van der Waals surface area contributed by atoms with E-state index in [1.165, 1.54) is 0 Å². The van der Waals surface area contributed by atoms with Crippen LogP contribution < -0.4 is 14.8 Å². The van der Waals surface area contributed by atoms with Crippen molar-refractivity contribution < 1.29 is 19.0 Å². The lowest BCUT2D eigenvalue weighted by atomic mass is 10.1. The zero-order valence-electron chi connectivity index (χ0n) is 15.6. The Morgan fingerprint density at radius 3 is 2.67 bits per heavy atom. The summed E-state index contributed by atoms with van der Waals surface area (Å²) in [6.07, 6.45) is 2.90. The lowest BCUT2D eigenvalue weighted by Crippen LogP contribution is -2.27. The number of hydrogen-bond acceptors (Lipinski definition) is 4. The van der Waals surface area contributed by atoms with E-state index in [-0.39, 0.29) is 0 Å². The highest BCUT2D eigenvalue weighted by molar-refractivity contribution is 5.84. The number of carbonyl (C=O) groups is 1. The molecule has 0 bridgehead atoms. The first-order valence-corrected chi connectivity index (χ1v) is 8.87. The Hall–Kier alpha value is -3.15. The predicted molar refractivity (Wildman–Crippen MR) is 105 cm³/mol. The van der Waals surface area contributed by atoms with Gasteiger partial charge in [0.25, 0.3) is 0 Å². The molecular formula is C21H24N2O4. The molecule has 3 rings (SSSR count). The molecule has 0 aliphatic carbocycles. The van der Waals surface area contributed by atoms with Crippen molar-refractivity contribution >= 4 is 17.0 Å². The summed E-state index contributed by atoms with van der Waals surface area (Å²) >= 11 is 0. The van der Waals surface area contributed by atoms with Gasteiger partial charge in [0.15, 0.2) is 0 Å². The molecule has 1 amide bonds. The van der Waals surface area contributed by atoms with Crippen LogP contribution in [0, 0.1) is 0 Å². The van der Waals surface area contributed by atoms with E-state index >= 15 is 0 Å². The smallest absolute Gasteiger partial charge is 0.407 e. The molecule has 1 heterocycles. The number of hydrogen-bond donors (Lipinski definition) is 2.